The van der Waals surface area contributed by atoms with Crippen molar-refractivity contribution in [1.29, 1.82) is 0 Å². The van der Waals surface area contributed by atoms with Crippen LogP contribution >= 0.6 is 0 Å². The van der Waals surface area contributed by atoms with Crippen LogP contribution in [0.25, 0.3) is 0 Å². The van der Waals surface area contributed by atoms with Crippen molar-refractivity contribution in [3.8, 4) is 12.3 Å². The fraction of sp³-hybridized carbons (Fsp3) is 0.692. The van der Waals surface area contributed by atoms with Crippen LogP contribution in [0.2, 0.25) is 0 Å². The first-order valence-electron chi connectivity index (χ1n) is 6.60. The normalized spacial score (nSPS) is 14.9. The van der Waals surface area contributed by atoms with E-state index >= 15 is 0 Å². The van der Waals surface area contributed by atoms with Gasteiger partial charge in [0, 0.05) is 25.3 Å². The molecule has 2 rings (SSSR count). The summed E-state index contributed by atoms with van der Waals surface area (Å²) in [4.78, 5) is 2.21. The fourth-order valence-corrected chi connectivity index (χ4v) is 1.79. The number of aromatic nitrogens is 3. The Hall–Kier alpha value is -1.38. The van der Waals surface area contributed by atoms with E-state index in [1.165, 1.54) is 12.8 Å². The number of likely N-dealkylation sites (N-methyl/N-ethyl adjacent to an activating group) is 1. The van der Waals surface area contributed by atoms with Gasteiger partial charge in [-0.05, 0) is 19.4 Å². The highest BCUT2D eigenvalue weighted by molar-refractivity contribution is 4.94. The van der Waals surface area contributed by atoms with Crippen LogP contribution in [0.4, 0.5) is 0 Å². The molecular weight excluding hydrogens is 226 g/mol. The van der Waals surface area contributed by atoms with E-state index in [1.807, 2.05) is 10.9 Å². The molecule has 1 aromatic rings. The van der Waals surface area contributed by atoms with Gasteiger partial charge in [-0.1, -0.05) is 18.1 Å². The van der Waals surface area contributed by atoms with Crippen molar-refractivity contribution in [1.82, 2.24) is 25.2 Å². The highest BCUT2D eigenvalue weighted by Crippen LogP contribution is 2.18. The molecule has 1 fully saturated rings. The number of nitrogens with one attached hydrogen (secondary N) is 1. The number of hydrogen-bond donors (Lipinski definition) is 1. The average molecular weight is 247 g/mol. The van der Waals surface area contributed by atoms with E-state index in [-0.39, 0.29) is 0 Å². The third-order valence-electron chi connectivity index (χ3n) is 3.14. The third-order valence-corrected chi connectivity index (χ3v) is 3.14. The highest BCUT2D eigenvalue weighted by atomic mass is 15.4. The lowest BCUT2D eigenvalue weighted by molar-refractivity contribution is 0.301. The molecule has 18 heavy (non-hydrogen) atoms. The lowest BCUT2D eigenvalue weighted by atomic mass is 10.4. The molecule has 98 valence electrons. The van der Waals surface area contributed by atoms with Crippen LogP contribution in [0.15, 0.2) is 6.20 Å². The molecule has 0 unspecified atom stereocenters. The van der Waals surface area contributed by atoms with Crippen molar-refractivity contribution >= 4 is 0 Å². The monoisotopic (exact) mass is 247 g/mol. The number of hydrogen-bond acceptors (Lipinski definition) is 4. The molecule has 1 N–H and O–H groups in total. The van der Waals surface area contributed by atoms with Gasteiger partial charge in [-0.25, -0.2) is 0 Å². The van der Waals surface area contributed by atoms with Crippen LogP contribution in [0.3, 0.4) is 0 Å². The Morgan fingerprint density at radius 3 is 3.11 bits per heavy atom. The summed E-state index contributed by atoms with van der Waals surface area (Å²) < 4.78 is 1.89. The molecule has 0 amide bonds. The van der Waals surface area contributed by atoms with Gasteiger partial charge in [0.05, 0.1) is 18.8 Å². The van der Waals surface area contributed by atoms with E-state index in [4.69, 9.17) is 6.42 Å². The van der Waals surface area contributed by atoms with E-state index in [0.717, 1.165) is 31.9 Å². The molecule has 0 aromatic carbocycles. The molecule has 0 spiro atoms. The molecule has 0 bridgehead atoms. The minimum absolute atomic E-state index is 0.696. The Morgan fingerprint density at radius 1 is 1.61 bits per heavy atom. The molecule has 1 heterocycles. The van der Waals surface area contributed by atoms with Crippen molar-refractivity contribution in [2.45, 2.75) is 38.9 Å². The van der Waals surface area contributed by atoms with Crippen LogP contribution in [-0.4, -0.2) is 45.6 Å². The topological polar surface area (TPSA) is 46.0 Å². The van der Waals surface area contributed by atoms with Gasteiger partial charge in [0.1, 0.15) is 0 Å². The predicted octanol–water partition coefficient (Wildman–Crippen LogP) is 0.485. The molecule has 0 radical (unpaired) electrons. The van der Waals surface area contributed by atoms with Crippen LogP contribution in [0.5, 0.6) is 0 Å². The maximum absolute atomic E-state index is 5.32. The molecule has 1 aromatic heterocycles. The minimum atomic E-state index is 0.696. The van der Waals surface area contributed by atoms with E-state index in [1.54, 1.807) is 0 Å². The van der Waals surface area contributed by atoms with E-state index in [9.17, 15) is 0 Å². The Balaban J connectivity index is 1.73. The lowest BCUT2D eigenvalue weighted by Gasteiger charge is -2.16. The van der Waals surface area contributed by atoms with Gasteiger partial charge in [-0.15, -0.1) is 11.5 Å². The van der Waals surface area contributed by atoms with Crippen molar-refractivity contribution in [3.63, 3.8) is 0 Å². The predicted molar refractivity (Wildman–Crippen MR) is 70.8 cm³/mol. The molecule has 1 aliphatic carbocycles. The van der Waals surface area contributed by atoms with Crippen molar-refractivity contribution in [2.24, 2.45) is 0 Å². The summed E-state index contributed by atoms with van der Waals surface area (Å²) in [5, 5.41) is 11.7. The first-order valence-corrected chi connectivity index (χ1v) is 6.60. The maximum Gasteiger partial charge on any atom is 0.0964 e. The van der Waals surface area contributed by atoms with Crippen molar-refractivity contribution in [3.05, 3.63) is 11.9 Å². The Labute approximate surface area is 109 Å². The summed E-state index contributed by atoms with van der Waals surface area (Å²) in [5.41, 5.74) is 1.02. The second-order valence-corrected chi connectivity index (χ2v) is 4.70. The quantitative estimate of drug-likeness (QED) is 0.679. The molecule has 5 heteroatoms. The molecule has 1 aliphatic rings. The summed E-state index contributed by atoms with van der Waals surface area (Å²) >= 11 is 0. The van der Waals surface area contributed by atoms with Crippen LogP contribution < -0.4 is 5.32 Å². The highest BCUT2D eigenvalue weighted by Gasteiger charge is 2.20. The average Bonchev–Trinajstić information content (AvgIpc) is 3.11. The summed E-state index contributed by atoms with van der Waals surface area (Å²) in [6.07, 6.45) is 9.92. The van der Waals surface area contributed by atoms with Gasteiger partial charge in [-0.3, -0.25) is 9.58 Å². The van der Waals surface area contributed by atoms with E-state index < -0.39 is 0 Å². The van der Waals surface area contributed by atoms with Gasteiger partial charge >= 0.3 is 0 Å². The molecule has 0 saturated heterocycles. The summed E-state index contributed by atoms with van der Waals surface area (Å²) in [6.45, 7) is 6.36. The standard InChI is InChI=1S/C13H21N5/c1-3-7-17(4-2)8-9-18-11-13(15-16-18)10-14-12-5-6-12/h1,11-12,14H,4-10H2,2H3. The van der Waals surface area contributed by atoms with E-state index in [0.29, 0.717) is 12.6 Å². The molecule has 5 nitrogen and oxygen atoms in total. The maximum atomic E-state index is 5.32. The second-order valence-electron chi connectivity index (χ2n) is 4.70. The third kappa shape index (κ3) is 4.13. The van der Waals surface area contributed by atoms with Gasteiger partial charge in [0.2, 0.25) is 0 Å². The Morgan fingerprint density at radius 2 is 2.44 bits per heavy atom. The second kappa shape index (κ2) is 6.53. The number of nitrogens with zero attached hydrogens (tertiary/aromatic N) is 4. The van der Waals surface area contributed by atoms with Crippen LogP contribution in [-0.2, 0) is 13.1 Å². The van der Waals surface area contributed by atoms with E-state index in [2.05, 4.69) is 33.4 Å². The first-order chi connectivity index (χ1) is 8.81. The van der Waals surface area contributed by atoms with Gasteiger partial charge < -0.3 is 5.32 Å². The summed E-state index contributed by atoms with van der Waals surface area (Å²) in [5.74, 6) is 2.67. The molecule has 1 saturated carbocycles. The Kier molecular flexibility index (Phi) is 4.73. The zero-order chi connectivity index (χ0) is 12.8. The smallest absolute Gasteiger partial charge is 0.0964 e. The van der Waals surface area contributed by atoms with Crippen LogP contribution in [0, 0.1) is 12.3 Å². The SMILES string of the molecule is C#CCN(CC)CCn1cc(CNC2CC2)nn1. The Bertz CT molecular complexity index is 402. The fourth-order valence-electron chi connectivity index (χ4n) is 1.79. The zero-order valence-corrected chi connectivity index (χ0v) is 11.0. The zero-order valence-electron chi connectivity index (χ0n) is 11.0. The summed E-state index contributed by atoms with van der Waals surface area (Å²) in [6, 6.07) is 0.710. The first kappa shape index (κ1) is 13.1. The molecule has 0 aliphatic heterocycles. The minimum Gasteiger partial charge on any atom is -0.308 e. The molecular formula is C13H21N5. The lowest BCUT2D eigenvalue weighted by Crippen LogP contribution is -2.27. The molecule has 0 atom stereocenters. The number of rotatable bonds is 8. The van der Waals surface area contributed by atoms with Crippen LogP contribution in [0.1, 0.15) is 25.5 Å². The summed E-state index contributed by atoms with van der Waals surface area (Å²) in [7, 11) is 0. The van der Waals surface area contributed by atoms with Gasteiger partial charge in [0.15, 0.2) is 0 Å². The number of terminal acetylenes is 1. The van der Waals surface area contributed by atoms with Gasteiger partial charge in [0.25, 0.3) is 0 Å². The van der Waals surface area contributed by atoms with Gasteiger partial charge in [-0.2, -0.15) is 0 Å². The van der Waals surface area contributed by atoms with Crippen molar-refractivity contribution < 1.29 is 0 Å². The largest absolute Gasteiger partial charge is 0.308 e. The van der Waals surface area contributed by atoms with Crippen molar-refractivity contribution in [2.75, 3.05) is 19.6 Å².